The van der Waals surface area contributed by atoms with Crippen molar-refractivity contribution >= 4 is 28.5 Å². The van der Waals surface area contributed by atoms with Gasteiger partial charge in [0.15, 0.2) is 11.9 Å². The highest BCUT2D eigenvalue weighted by Gasteiger charge is 2.14. The van der Waals surface area contributed by atoms with E-state index in [9.17, 15) is 9.59 Å². The number of hydrogen-bond acceptors (Lipinski definition) is 5. The molecular weight excluding hydrogens is 330 g/mol. The van der Waals surface area contributed by atoms with Crippen LogP contribution >= 0.6 is 0 Å². The fourth-order valence-electron chi connectivity index (χ4n) is 1.88. The van der Waals surface area contributed by atoms with E-state index >= 15 is 0 Å². The smallest absolute Gasteiger partial charge is 0.303 e. The third-order valence-corrected chi connectivity index (χ3v) is 3.67. The van der Waals surface area contributed by atoms with E-state index in [1.165, 1.54) is 6.92 Å². The second-order valence-electron chi connectivity index (χ2n) is 5.40. The van der Waals surface area contributed by atoms with Gasteiger partial charge in [0.1, 0.15) is 12.4 Å². The molecule has 1 amide bonds. The summed E-state index contributed by atoms with van der Waals surface area (Å²) in [5.74, 6) is 0.781. The molecule has 0 heterocycles. The minimum Gasteiger partial charge on any atom is -0.490 e. The number of anilines is 1. The SMILES string of the molecule is CCOCC(COc1ccc(NC(=O)C[S+](C)C)cc1)OC(C)=O. The fourth-order valence-corrected chi connectivity index (χ4v) is 2.48. The molecule has 0 spiro atoms. The fraction of sp³-hybridized carbons (Fsp3) is 0.529. The molecule has 0 fully saturated rings. The number of carbonyl (C=O) groups excluding carboxylic acids is 2. The van der Waals surface area contributed by atoms with Gasteiger partial charge in [0, 0.05) is 19.2 Å². The van der Waals surface area contributed by atoms with E-state index in [1.807, 2.05) is 19.4 Å². The van der Waals surface area contributed by atoms with Crippen LogP contribution in [-0.4, -0.2) is 56.1 Å². The first-order valence-electron chi connectivity index (χ1n) is 7.72. The van der Waals surface area contributed by atoms with E-state index < -0.39 is 6.10 Å². The van der Waals surface area contributed by atoms with Crippen LogP contribution in [0.3, 0.4) is 0 Å². The number of rotatable bonds is 10. The van der Waals surface area contributed by atoms with Crippen LogP contribution in [0, 0.1) is 0 Å². The highest BCUT2D eigenvalue weighted by atomic mass is 32.2. The summed E-state index contributed by atoms with van der Waals surface area (Å²) in [7, 11) is 0.0699. The van der Waals surface area contributed by atoms with Crippen molar-refractivity contribution in [1.29, 1.82) is 0 Å². The lowest BCUT2D eigenvalue weighted by atomic mass is 10.3. The van der Waals surface area contributed by atoms with Gasteiger partial charge < -0.3 is 19.5 Å². The Morgan fingerprint density at radius 3 is 2.38 bits per heavy atom. The molecule has 24 heavy (non-hydrogen) atoms. The van der Waals surface area contributed by atoms with Gasteiger partial charge in [0.05, 0.1) is 19.1 Å². The van der Waals surface area contributed by atoms with Crippen LogP contribution in [-0.2, 0) is 30.0 Å². The molecule has 0 aliphatic heterocycles. The van der Waals surface area contributed by atoms with Crippen molar-refractivity contribution in [2.24, 2.45) is 0 Å². The Morgan fingerprint density at radius 2 is 1.83 bits per heavy atom. The van der Waals surface area contributed by atoms with Crippen LogP contribution in [0.15, 0.2) is 24.3 Å². The molecule has 0 saturated heterocycles. The molecule has 0 aliphatic carbocycles. The maximum atomic E-state index is 11.7. The van der Waals surface area contributed by atoms with Gasteiger partial charge in [0.2, 0.25) is 0 Å². The first kappa shape index (κ1) is 20.3. The van der Waals surface area contributed by atoms with Gasteiger partial charge in [-0.1, -0.05) is 0 Å². The Hall–Kier alpha value is -1.73. The van der Waals surface area contributed by atoms with Crippen molar-refractivity contribution in [1.82, 2.24) is 0 Å². The molecule has 0 saturated carbocycles. The van der Waals surface area contributed by atoms with Crippen LogP contribution in [0.2, 0.25) is 0 Å². The summed E-state index contributed by atoms with van der Waals surface area (Å²) < 4.78 is 16.0. The second kappa shape index (κ2) is 10.9. The topological polar surface area (TPSA) is 73.9 Å². The van der Waals surface area contributed by atoms with Crippen LogP contribution in [0.1, 0.15) is 13.8 Å². The van der Waals surface area contributed by atoms with Crippen molar-refractivity contribution in [2.45, 2.75) is 20.0 Å². The van der Waals surface area contributed by atoms with E-state index in [0.29, 0.717) is 24.7 Å². The molecule has 1 aromatic rings. The van der Waals surface area contributed by atoms with Gasteiger partial charge in [-0.2, -0.15) is 0 Å². The molecular formula is C17H26NO5S+. The minimum atomic E-state index is -0.450. The average molecular weight is 356 g/mol. The highest BCUT2D eigenvalue weighted by molar-refractivity contribution is 7.96. The number of carbonyl (C=O) groups is 2. The molecule has 7 heteroatoms. The van der Waals surface area contributed by atoms with Crippen LogP contribution < -0.4 is 10.1 Å². The predicted molar refractivity (Wildman–Crippen MR) is 96.7 cm³/mol. The van der Waals surface area contributed by atoms with Crippen LogP contribution in [0.25, 0.3) is 0 Å². The summed E-state index contributed by atoms with van der Waals surface area (Å²) in [4.78, 5) is 22.8. The zero-order chi connectivity index (χ0) is 17.9. The molecule has 134 valence electrons. The van der Waals surface area contributed by atoms with E-state index in [0.717, 1.165) is 5.69 Å². The maximum absolute atomic E-state index is 11.7. The molecule has 0 bridgehead atoms. The number of hydrogen-bond donors (Lipinski definition) is 1. The van der Waals surface area contributed by atoms with Crippen molar-refractivity contribution in [3.63, 3.8) is 0 Å². The molecule has 0 radical (unpaired) electrons. The minimum absolute atomic E-state index is 0.00337. The quantitative estimate of drug-likeness (QED) is 0.512. The molecule has 1 rings (SSSR count). The van der Waals surface area contributed by atoms with Gasteiger partial charge in [-0.15, -0.1) is 0 Å². The highest BCUT2D eigenvalue weighted by Crippen LogP contribution is 2.16. The van der Waals surface area contributed by atoms with Crippen molar-refractivity contribution in [2.75, 3.05) is 43.4 Å². The predicted octanol–water partition coefficient (Wildman–Crippen LogP) is 1.85. The normalized spacial score (nSPS) is 11.9. The Kier molecular flexibility index (Phi) is 9.26. The standard InChI is InChI=1S/C17H25NO5S/c1-5-21-10-16(23-13(2)19)11-22-15-8-6-14(7-9-15)18-17(20)12-24(3)4/h6-9,16H,5,10-12H2,1-4H3/p+1. The first-order chi connectivity index (χ1) is 11.4. The van der Waals surface area contributed by atoms with Gasteiger partial charge in [-0.05, 0) is 42.1 Å². The zero-order valence-electron chi connectivity index (χ0n) is 14.7. The van der Waals surface area contributed by atoms with Crippen LogP contribution in [0.4, 0.5) is 5.69 Å². The largest absolute Gasteiger partial charge is 0.490 e. The lowest BCUT2D eigenvalue weighted by molar-refractivity contribution is -0.151. The van der Waals surface area contributed by atoms with Gasteiger partial charge in [-0.25, -0.2) is 0 Å². The maximum Gasteiger partial charge on any atom is 0.303 e. The summed E-state index contributed by atoms with van der Waals surface area (Å²) >= 11 is 0. The molecule has 1 N–H and O–H groups in total. The second-order valence-corrected chi connectivity index (χ2v) is 7.66. The summed E-state index contributed by atoms with van der Waals surface area (Å²) in [6.45, 7) is 4.27. The average Bonchev–Trinajstić information content (AvgIpc) is 2.50. The monoisotopic (exact) mass is 356 g/mol. The number of benzene rings is 1. The third kappa shape index (κ3) is 8.79. The Morgan fingerprint density at radius 1 is 1.17 bits per heavy atom. The van der Waals surface area contributed by atoms with Crippen molar-refractivity contribution in [3.05, 3.63) is 24.3 Å². The lowest BCUT2D eigenvalue weighted by Gasteiger charge is -2.17. The summed E-state index contributed by atoms with van der Waals surface area (Å²) in [6.07, 6.45) is 3.60. The summed E-state index contributed by atoms with van der Waals surface area (Å²) in [6, 6.07) is 7.08. The molecule has 1 atom stereocenters. The first-order valence-corrected chi connectivity index (χ1v) is 9.93. The van der Waals surface area contributed by atoms with Gasteiger partial charge >= 0.3 is 5.97 Å². The van der Waals surface area contributed by atoms with E-state index in [-0.39, 0.29) is 29.4 Å². The number of amides is 1. The number of ether oxygens (including phenoxy) is 3. The van der Waals surface area contributed by atoms with Crippen molar-refractivity contribution in [3.8, 4) is 5.75 Å². The van der Waals surface area contributed by atoms with Crippen molar-refractivity contribution < 1.29 is 23.8 Å². The molecule has 1 aromatic carbocycles. The Bertz CT molecular complexity index is 518. The Labute approximate surface area is 146 Å². The summed E-state index contributed by atoms with van der Waals surface area (Å²) in [5, 5.41) is 2.84. The molecule has 6 nitrogen and oxygen atoms in total. The van der Waals surface area contributed by atoms with Gasteiger partial charge in [0.25, 0.3) is 5.91 Å². The number of nitrogens with one attached hydrogen (secondary N) is 1. The molecule has 1 unspecified atom stereocenters. The molecule has 0 aliphatic rings. The summed E-state index contributed by atoms with van der Waals surface area (Å²) in [5.41, 5.74) is 0.726. The Balaban J connectivity index is 2.49. The van der Waals surface area contributed by atoms with E-state index in [4.69, 9.17) is 14.2 Å². The lowest BCUT2D eigenvalue weighted by Crippen LogP contribution is -2.29. The van der Waals surface area contributed by atoms with Crippen LogP contribution in [0.5, 0.6) is 5.75 Å². The number of esters is 1. The van der Waals surface area contributed by atoms with E-state index in [1.54, 1.807) is 24.3 Å². The third-order valence-electron chi connectivity index (χ3n) is 2.83. The van der Waals surface area contributed by atoms with E-state index in [2.05, 4.69) is 5.32 Å². The zero-order valence-corrected chi connectivity index (χ0v) is 15.5. The molecule has 0 aromatic heterocycles. The van der Waals surface area contributed by atoms with Gasteiger partial charge in [-0.3, -0.25) is 9.59 Å².